The molecule has 0 bridgehead atoms. The molecule has 0 aromatic carbocycles. The predicted molar refractivity (Wildman–Crippen MR) is 71.1 cm³/mol. The van der Waals surface area contributed by atoms with E-state index in [0.29, 0.717) is 17.9 Å². The average molecular weight is 252 g/mol. The van der Waals surface area contributed by atoms with Crippen molar-refractivity contribution in [1.29, 1.82) is 0 Å². The highest BCUT2D eigenvalue weighted by molar-refractivity contribution is 6.01. The number of aromatic nitrogens is 1. The second-order valence-electron chi connectivity index (χ2n) is 4.98. The van der Waals surface area contributed by atoms with Crippen molar-refractivity contribution in [1.82, 2.24) is 4.98 Å². The van der Waals surface area contributed by atoms with E-state index in [1.165, 1.54) is 0 Å². The Morgan fingerprint density at radius 3 is 2.61 bits per heavy atom. The molecule has 100 valence electrons. The van der Waals surface area contributed by atoms with E-state index >= 15 is 0 Å². The van der Waals surface area contributed by atoms with Crippen molar-refractivity contribution in [3.63, 3.8) is 0 Å². The summed E-state index contributed by atoms with van der Waals surface area (Å²) in [5.41, 5.74) is 6.12. The number of hydrogen-bond acceptors (Lipinski definition) is 5. The minimum Gasteiger partial charge on any atom is -0.409 e. The first-order valence-electron chi connectivity index (χ1n) is 5.63. The lowest BCUT2D eigenvalue weighted by Crippen LogP contribution is -2.37. The zero-order valence-electron chi connectivity index (χ0n) is 11.2. The Bertz CT molecular complexity index is 452. The summed E-state index contributed by atoms with van der Waals surface area (Å²) in [6.45, 7) is 5.66. The predicted octanol–water partition coefficient (Wildman–Crippen LogP) is 0.692. The van der Waals surface area contributed by atoms with E-state index < -0.39 is 5.60 Å². The van der Waals surface area contributed by atoms with Crippen molar-refractivity contribution in [2.24, 2.45) is 10.9 Å². The average Bonchev–Trinajstić information content (AvgIpc) is 2.25. The van der Waals surface area contributed by atoms with Crippen LogP contribution in [0, 0.1) is 6.92 Å². The molecule has 4 N–H and O–H groups in total. The molecule has 1 heterocycles. The number of likely N-dealkylation sites (N-methyl/N-ethyl adjacent to an activating group) is 1. The van der Waals surface area contributed by atoms with Crippen LogP contribution in [0.15, 0.2) is 17.3 Å². The first kappa shape index (κ1) is 14.2. The SMILES string of the molecule is Cc1ccc(C(N)=NO)c(N(C)CC(C)(C)O)n1. The van der Waals surface area contributed by atoms with Gasteiger partial charge in [-0.3, -0.25) is 0 Å². The van der Waals surface area contributed by atoms with Gasteiger partial charge in [0, 0.05) is 19.3 Å². The van der Waals surface area contributed by atoms with Crippen molar-refractivity contribution in [3.05, 3.63) is 23.4 Å². The number of amidine groups is 1. The minimum absolute atomic E-state index is 0.0000888. The van der Waals surface area contributed by atoms with Crippen molar-refractivity contribution in [2.75, 3.05) is 18.5 Å². The van der Waals surface area contributed by atoms with Crippen LogP contribution in [-0.4, -0.2) is 40.3 Å². The van der Waals surface area contributed by atoms with Crippen LogP contribution >= 0.6 is 0 Å². The van der Waals surface area contributed by atoms with E-state index in [2.05, 4.69) is 10.1 Å². The first-order valence-corrected chi connectivity index (χ1v) is 5.63. The number of nitrogens with zero attached hydrogens (tertiary/aromatic N) is 3. The summed E-state index contributed by atoms with van der Waals surface area (Å²) >= 11 is 0. The molecule has 0 aliphatic carbocycles. The number of aliphatic hydroxyl groups is 1. The first-order chi connectivity index (χ1) is 8.24. The fourth-order valence-electron chi connectivity index (χ4n) is 1.74. The molecule has 0 unspecified atom stereocenters. The molecular formula is C12H20N4O2. The van der Waals surface area contributed by atoms with Crippen LogP contribution in [0.2, 0.25) is 0 Å². The molecule has 0 saturated carbocycles. The van der Waals surface area contributed by atoms with E-state index in [-0.39, 0.29) is 5.84 Å². The Labute approximate surface area is 107 Å². The minimum atomic E-state index is -0.859. The molecule has 6 heteroatoms. The molecule has 0 aliphatic heterocycles. The molecule has 1 aromatic heterocycles. The zero-order valence-corrected chi connectivity index (χ0v) is 11.2. The Balaban J connectivity index is 3.17. The van der Waals surface area contributed by atoms with Crippen molar-refractivity contribution < 1.29 is 10.3 Å². The fraction of sp³-hybridized carbons (Fsp3) is 0.500. The van der Waals surface area contributed by atoms with Crippen LogP contribution in [0.5, 0.6) is 0 Å². The van der Waals surface area contributed by atoms with E-state index in [1.807, 2.05) is 6.92 Å². The van der Waals surface area contributed by atoms with Gasteiger partial charge in [0.2, 0.25) is 0 Å². The number of oxime groups is 1. The van der Waals surface area contributed by atoms with Gasteiger partial charge >= 0.3 is 0 Å². The summed E-state index contributed by atoms with van der Waals surface area (Å²) in [4.78, 5) is 6.15. The number of nitrogens with two attached hydrogens (primary N) is 1. The highest BCUT2D eigenvalue weighted by Crippen LogP contribution is 2.19. The molecule has 1 aromatic rings. The van der Waals surface area contributed by atoms with Gasteiger partial charge in [0.25, 0.3) is 0 Å². The van der Waals surface area contributed by atoms with E-state index in [9.17, 15) is 5.11 Å². The molecule has 0 aliphatic rings. The molecule has 0 radical (unpaired) electrons. The fourth-order valence-corrected chi connectivity index (χ4v) is 1.74. The quantitative estimate of drug-likeness (QED) is 0.317. The Hall–Kier alpha value is -1.82. The van der Waals surface area contributed by atoms with Gasteiger partial charge in [0.15, 0.2) is 5.84 Å². The van der Waals surface area contributed by atoms with Gasteiger partial charge in [-0.15, -0.1) is 0 Å². The molecule has 1 rings (SSSR count). The van der Waals surface area contributed by atoms with Crippen LogP contribution < -0.4 is 10.6 Å². The van der Waals surface area contributed by atoms with Gasteiger partial charge in [-0.2, -0.15) is 0 Å². The summed E-state index contributed by atoms with van der Waals surface area (Å²) in [6.07, 6.45) is 0. The van der Waals surface area contributed by atoms with Gasteiger partial charge in [0.1, 0.15) is 5.82 Å². The van der Waals surface area contributed by atoms with Crippen LogP contribution in [-0.2, 0) is 0 Å². The van der Waals surface area contributed by atoms with Crippen molar-refractivity contribution in [3.8, 4) is 0 Å². The van der Waals surface area contributed by atoms with Gasteiger partial charge in [-0.25, -0.2) is 4.98 Å². The van der Waals surface area contributed by atoms with Crippen LogP contribution in [0.1, 0.15) is 25.1 Å². The van der Waals surface area contributed by atoms with Crippen molar-refractivity contribution in [2.45, 2.75) is 26.4 Å². The molecule has 6 nitrogen and oxygen atoms in total. The lowest BCUT2D eigenvalue weighted by atomic mass is 10.1. The van der Waals surface area contributed by atoms with Crippen LogP contribution in [0.4, 0.5) is 5.82 Å². The van der Waals surface area contributed by atoms with E-state index in [0.717, 1.165) is 5.69 Å². The highest BCUT2D eigenvalue weighted by Gasteiger charge is 2.20. The topological polar surface area (TPSA) is 95.0 Å². The zero-order chi connectivity index (χ0) is 13.9. The Kier molecular flexibility index (Phi) is 4.13. The molecule has 0 spiro atoms. The van der Waals surface area contributed by atoms with Gasteiger partial charge in [0.05, 0.1) is 11.2 Å². The lowest BCUT2D eigenvalue weighted by Gasteiger charge is -2.27. The number of anilines is 1. The van der Waals surface area contributed by atoms with Gasteiger partial charge < -0.3 is 20.9 Å². The van der Waals surface area contributed by atoms with Crippen LogP contribution in [0.25, 0.3) is 0 Å². The maximum atomic E-state index is 9.83. The highest BCUT2D eigenvalue weighted by atomic mass is 16.4. The lowest BCUT2D eigenvalue weighted by molar-refractivity contribution is 0.0884. The molecular weight excluding hydrogens is 232 g/mol. The standard InChI is InChI=1S/C12H20N4O2/c1-8-5-6-9(10(13)15-18)11(14-8)16(4)7-12(2,3)17/h5-6,17-18H,7H2,1-4H3,(H2,13,15). The Morgan fingerprint density at radius 1 is 1.50 bits per heavy atom. The third-order valence-electron chi connectivity index (χ3n) is 2.38. The molecule has 0 saturated heterocycles. The second kappa shape index (κ2) is 5.22. The van der Waals surface area contributed by atoms with E-state index in [4.69, 9.17) is 10.9 Å². The summed E-state index contributed by atoms with van der Waals surface area (Å²) in [5.74, 6) is 0.576. The summed E-state index contributed by atoms with van der Waals surface area (Å²) in [6, 6.07) is 3.53. The molecule has 18 heavy (non-hydrogen) atoms. The number of rotatable bonds is 4. The largest absolute Gasteiger partial charge is 0.409 e. The van der Waals surface area contributed by atoms with Gasteiger partial charge in [-0.05, 0) is 32.9 Å². The van der Waals surface area contributed by atoms with E-state index in [1.54, 1.807) is 37.9 Å². The Morgan fingerprint density at radius 2 is 2.11 bits per heavy atom. The summed E-state index contributed by atoms with van der Waals surface area (Å²) < 4.78 is 0. The normalized spacial score (nSPS) is 12.6. The molecule has 0 amide bonds. The monoisotopic (exact) mass is 252 g/mol. The van der Waals surface area contributed by atoms with Crippen LogP contribution in [0.3, 0.4) is 0 Å². The molecule has 0 atom stereocenters. The second-order valence-corrected chi connectivity index (χ2v) is 4.98. The van der Waals surface area contributed by atoms with Gasteiger partial charge in [-0.1, -0.05) is 5.16 Å². The smallest absolute Gasteiger partial charge is 0.173 e. The maximum absolute atomic E-state index is 9.83. The third-order valence-corrected chi connectivity index (χ3v) is 2.38. The van der Waals surface area contributed by atoms with Crippen molar-refractivity contribution >= 4 is 11.7 Å². The maximum Gasteiger partial charge on any atom is 0.173 e. The summed E-state index contributed by atoms with van der Waals surface area (Å²) in [5, 5.41) is 21.6. The number of hydrogen-bond donors (Lipinski definition) is 3. The number of aryl methyl sites for hydroxylation is 1. The summed E-state index contributed by atoms with van der Waals surface area (Å²) in [7, 11) is 1.80. The third kappa shape index (κ3) is 3.59. The number of pyridine rings is 1. The molecule has 0 fully saturated rings.